The summed E-state index contributed by atoms with van der Waals surface area (Å²) in [6.07, 6.45) is 0. The predicted octanol–water partition coefficient (Wildman–Crippen LogP) is 1.15. The molecule has 3 rings (SSSR count). The standard InChI is InChI=1S/C15H16N4O/c1-18-4-6-19(7-5-18)12-2-3-14-13(9-12)15(20)8-11(10-16)17-14/h2-3,8-9H,4-7H2,1H3,(H,17,20). The fourth-order valence-corrected chi connectivity index (χ4v) is 2.56. The lowest BCUT2D eigenvalue weighted by Crippen LogP contribution is -2.44. The Morgan fingerprint density at radius 3 is 2.65 bits per heavy atom. The first-order valence-corrected chi connectivity index (χ1v) is 6.68. The number of anilines is 1. The van der Waals surface area contributed by atoms with E-state index in [1.54, 1.807) is 0 Å². The Bertz CT molecular complexity index is 736. The number of nitriles is 1. The molecule has 5 heteroatoms. The van der Waals surface area contributed by atoms with Crippen molar-refractivity contribution in [1.29, 1.82) is 5.26 Å². The van der Waals surface area contributed by atoms with Crippen molar-refractivity contribution < 1.29 is 0 Å². The maximum absolute atomic E-state index is 12.0. The van der Waals surface area contributed by atoms with Gasteiger partial charge >= 0.3 is 0 Å². The Hall–Kier alpha value is -2.32. The lowest BCUT2D eigenvalue weighted by molar-refractivity contribution is 0.313. The molecule has 1 fully saturated rings. The van der Waals surface area contributed by atoms with Gasteiger partial charge < -0.3 is 14.8 Å². The summed E-state index contributed by atoms with van der Waals surface area (Å²) in [6.45, 7) is 4.00. The summed E-state index contributed by atoms with van der Waals surface area (Å²) in [5.41, 5.74) is 1.98. The second-order valence-electron chi connectivity index (χ2n) is 5.18. The van der Waals surface area contributed by atoms with Gasteiger partial charge in [0, 0.05) is 43.3 Å². The number of piperazine rings is 1. The van der Waals surface area contributed by atoms with Crippen molar-refractivity contribution >= 4 is 16.6 Å². The van der Waals surface area contributed by atoms with Gasteiger partial charge in [0.05, 0.1) is 5.52 Å². The normalized spacial score (nSPS) is 16.3. The van der Waals surface area contributed by atoms with Gasteiger partial charge in [-0.25, -0.2) is 0 Å². The fourth-order valence-electron chi connectivity index (χ4n) is 2.56. The maximum Gasteiger partial charge on any atom is 0.190 e. The molecule has 0 aliphatic carbocycles. The number of aromatic amines is 1. The van der Waals surface area contributed by atoms with E-state index in [-0.39, 0.29) is 5.43 Å². The first-order chi connectivity index (χ1) is 9.67. The molecule has 2 aromatic rings. The van der Waals surface area contributed by atoms with Gasteiger partial charge in [0.25, 0.3) is 0 Å². The van der Waals surface area contributed by atoms with Gasteiger partial charge in [0.2, 0.25) is 0 Å². The van der Waals surface area contributed by atoms with E-state index in [0.717, 1.165) is 31.9 Å². The van der Waals surface area contributed by atoms with Gasteiger partial charge in [-0.05, 0) is 25.2 Å². The predicted molar refractivity (Wildman–Crippen MR) is 79.0 cm³/mol. The van der Waals surface area contributed by atoms with E-state index < -0.39 is 0 Å². The average Bonchev–Trinajstić information content (AvgIpc) is 2.47. The zero-order valence-corrected chi connectivity index (χ0v) is 11.4. The second-order valence-corrected chi connectivity index (χ2v) is 5.18. The van der Waals surface area contributed by atoms with Crippen LogP contribution in [0.1, 0.15) is 5.69 Å². The highest BCUT2D eigenvalue weighted by Crippen LogP contribution is 2.20. The molecule has 102 valence electrons. The van der Waals surface area contributed by atoms with E-state index in [9.17, 15) is 4.79 Å². The van der Waals surface area contributed by atoms with Crippen molar-refractivity contribution in [3.63, 3.8) is 0 Å². The van der Waals surface area contributed by atoms with Crippen molar-refractivity contribution in [2.75, 3.05) is 38.1 Å². The van der Waals surface area contributed by atoms with Gasteiger partial charge in [-0.2, -0.15) is 5.26 Å². The first-order valence-electron chi connectivity index (χ1n) is 6.68. The van der Waals surface area contributed by atoms with E-state index in [4.69, 9.17) is 5.26 Å². The van der Waals surface area contributed by atoms with Gasteiger partial charge in [0.15, 0.2) is 5.43 Å². The molecule has 0 bridgehead atoms. The molecule has 1 saturated heterocycles. The molecular formula is C15H16N4O. The van der Waals surface area contributed by atoms with Crippen LogP contribution in [0.15, 0.2) is 29.1 Å². The second kappa shape index (κ2) is 4.99. The molecule has 0 saturated carbocycles. The monoisotopic (exact) mass is 268 g/mol. The number of pyridine rings is 1. The number of rotatable bonds is 1. The Morgan fingerprint density at radius 2 is 1.95 bits per heavy atom. The van der Waals surface area contributed by atoms with Crippen LogP contribution in [-0.4, -0.2) is 43.1 Å². The molecule has 0 spiro atoms. The van der Waals surface area contributed by atoms with E-state index >= 15 is 0 Å². The highest BCUT2D eigenvalue weighted by molar-refractivity contribution is 5.83. The summed E-state index contributed by atoms with van der Waals surface area (Å²) in [7, 11) is 2.12. The van der Waals surface area contributed by atoms with Gasteiger partial charge in [-0.3, -0.25) is 4.79 Å². The number of hydrogen-bond acceptors (Lipinski definition) is 4. The van der Waals surface area contributed by atoms with Crippen LogP contribution in [0.2, 0.25) is 0 Å². The van der Waals surface area contributed by atoms with Crippen LogP contribution in [0.25, 0.3) is 10.9 Å². The fraction of sp³-hybridized carbons (Fsp3) is 0.333. The molecule has 5 nitrogen and oxygen atoms in total. The highest BCUT2D eigenvalue weighted by atomic mass is 16.1. The molecule has 0 unspecified atom stereocenters. The molecule has 0 atom stereocenters. The van der Waals surface area contributed by atoms with Gasteiger partial charge in [-0.15, -0.1) is 0 Å². The highest BCUT2D eigenvalue weighted by Gasteiger charge is 2.15. The minimum absolute atomic E-state index is 0.105. The minimum atomic E-state index is -0.105. The first kappa shape index (κ1) is 12.7. The number of hydrogen-bond donors (Lipinski definition) is 1. The summed E-state index contributed by atoms with van der Waals surface area (Å²) < 4.78 is 0. The smallest absolute Gasteiger partial charge is 0.190 e. The van der Waals surface area contributed by atoms with Crippen LogP contribution in [0.5, 0.6) is 0 Å². The Kier molecular flexibility index (Phi) is 3.17. The third kappa shape index (κ3) is 2.26. The summed E-state index contributed by atoms with van der Waals surface area (Å²) in [5, 5.41) is 9.51. The molecule has 20 heavy (non-hydrogen) atoms. The molecule has 1 aromatic carbocycles. The van der Waals surface area contributed by atoms with Crippen molar-refractivity contribution in [3.05, 3.63) is 40.2 Å². The van der Waals surface area contributed by atoms with E-state index in [0.29, 0.717) is 16.6 Å². The number of likely N-dealkylation sites (N-methyl/N-ethyl adjacent to an activating group) is 1. The molecule has 1 N–H and O–H groups in total. The summed E-state index contributed by atoms with van der Waals surface area (Å²) in [6, 6.07) is 9.13. The van der Waals surface area contributed by atoms with Crippen molar-refractivity contribution in [1.82, 2.24) is 9.88 Å². The SMILES string of the molecule is CN1CCN(c2ccc3[nH]c(C#N)cc(=O)c3c2)CC1. The summed E-state index contributed by atoms with van der Waals surface area (Å²) >= 11 is 0. The largest absolute Gasteiger partial charge is 0.369 e. The number of benzene rings is 1. The molecule has 1 aliphatic heterocycles. The zero-order valence-electron chi connectivity index (χ0n) is 11.4. The molecular weight excluding hydrogens is 252 g/mol. The molecule has 0 amide bonds. The Labute approximate surface area is 117 Å². The van der Waals surface area contributed by atoms with E-state index in [1.807, 2.05) is 24.3 Å². The van der Waals surface area contributed by atoms with Crippen LogP contribution >= 0.6 is 0 Å². The lowest BCUT2D eigenvalue weighted by atomic mass is 10.1. The summed E-state index contributed by atoms with van der Waals surface area (Å²) in [5.74, 6) is 0. The van der Waals surface area contributed by atoms with E-state index in [2.05, 4.69) is 21.8 Å². The van der Waals surface area contributed by atoms with Crippen LogP contribution in [-0.2, 0) is 0 Å². The van der Waals surface area contributed by atoms with Crippen molar-refractivity contribution in [3.8, 4) is 6.07 Å². The minimum Gasteiger partial charge on any atom is -0.369 e. The third-order valence-corrected chi connectivity index (χ3v) is 3.80. The topological polar surface area (TPSA) is 63.1 Å². The lowest BCUT2D eigenvalue weighted by Gasteiger charge is -2.34. The van der Waals surface area contributed by atoms with Crippen LogP contribution in [0.4, 0.5) is 5.69 Å². The molecule has 1 aromatic heterocycles. The average molecular weight is 268 g/mol. The maximum atomic E-state index is 12.0. The third-order valence-electron chi connectivity index (χ3n) is 3.80. The van der Waals surface area contributed by atoms with Crippen LogP contribution in [0, 0.1) is 11.3 Å². The van der Waals surface area contributed by atoms with Crippen LogP contribution < -0.4 is 10.3 Å². The number of nitrogens with zero attached hydrogens (tertiary/aromatic N) is 3. The van der Waals surface area contributed by atoms with Crippen molar-refractivity contribution in [2.45, 2.75) is 0 Å². The number of H-pyrrole nitrogens is 1. The van der Waals surface area contributed by atoms with Crippen molar-refractivity contribution in [2.24, 2.45) is 0 Å². The Balaban J connectivity index is 2.01. The number of nitrogens with one attached hydrogen (secondary N) is 1. The van der Waals surface area contributed by atoms with E-state index in [1.165, 1.54) is 6.07 Å². The summed E-state index contributed by atoms with van der Waals surface area (Å²) in [4.78, 5) is 19.6. The zero-order chi connectivity index (χ0) is 14.1. The Morgan fingerprint density at radius 1 is 1.20 bits per heavy atom. The quantitative estimate of drug-likeness (QED) is 0.842. The van der Waals surface area contributed by atoms with Gasteiger partial charge in [0.1, 0.15) is 11.8 Å². The van der Waals surface area contributed by atoms with Gasteiger partial charge in [-0.1, -0.05) is 0 Å². The molecule has 2 heterocycles. The number of aromatic nitrogens is 1. The number of fused-ring (bicyclic) bond motifs is 1. The molecule has 0 radical (unpaired) electrons. The van der Waals surface area contributed by atoms with Crippen LogP contribution in [0.3, 0.4) is 0 Å². The molecule has 1 aliphatic rings.